The highest BCUT2D eigenvalue weighted by Crippen LogP contribution is 2.18. The van der Waals surface area contributed by atoms with E-state index in [9.17, 15) is 9.59 Å². The number of rotatable bonds is 4. The molecule has 0 saturated carbocycles. The standard InChI is InChI=1S/C11H14N2O4/c1-7(10(14)13(2)3)17-9-6-12-5-4-8(9)11(15)16/h4-7H,1-3H3,(H,15,16). The smallest absolute Gasteiger partial charge is 0.339 e. The van der Waals surface area contributed by atoms with Gasteiger partial charge in [0.1, 0.15) is 5.56 Å². The Morgan fingerprint density at radius 2 is 2.12 bits per heavy atom. The molecule has 6 nitrogen and oxygen atoms in total. The van der Waals surface area contributed by atoms with Gasteiger partial charge in [0.15, 0.2) is 11.9 Å². The molecule has 0 aliphatic rings. The molecule has 1 N–H and O–H groups in total. The Bertz CT molecular complexity index is 431. The van der Waals surface area contributed by atoms with Gasteiger partial charge in [-0.1, -0.05) is 0 Å². The van der Waals surface area contributed by atoms with Crippen LogP contribution >= 0.6 is 0 Å². The molecule has 0 fully saturated rings. The Labute approximate surface area is 98.8 Å². The first-order valence-electron chi connectivity index (χ1n) is 4.98. The third-order valence-corrected chi connectivity index (χ3v) is 2.11. The number of nitrogens with zero attached hydrogens (tertiary/aromatic N) is 2. The van der Waals surface area contributed by atoms with E-state index in [1.54, 1.807) is 21.0 Å². The lowest BCUT2D eigenvalue weighted by molar-refractivity contribution is -0.135. The van der Waals surface area contributed by atoms with Crippen LogP contribution in [0.4, 0.5) is 0 Å². The van der Waals surface area contributed by atoms with E-state index < -0.39 is 12.1 Å². The number of hydrogen-bond donors (Lipinski definition) is 1. The maximum atomic E-state index is 11.6. The van der Waals surface area contributed by atoms with Crippen molar-refractivity contribution < 1.29 is 19.4 Å². The predicted octanol–water partition coefficient (Wildman–Crippen LogP) is 0.635. The third-order valence-electron chi connectivity index (χ3n) is 2.11. The lowest BCUT2D eigenvalue weighted by Crippen LogP contribution is -2.35. The molecule has 0 radical (unpaired) electrons. The van der Waals surface area contributed by atoms with Crippen molar-refractivity contribution in [1.29, 1.82) is 0 Å². The minimum atomic E-state index is -1.12. The van der Waals surface area contributed by atoms with Crippen molar-refractivity contribution in [2.45, 2.75) is 13.0 Å². The summed E-state index contributed by atoms with van der Waals surface area (Å²) in [5.41, 5.74) is -0.0154. The quantitative estimate of drug-likeness (QED) is 0.832. The number of carboxylic acids is 1. The predicted molar refractivity (Wildman–Crippen MR) is 60.0 cm³/mol. The molecule has 0 spiro atoms. The summed E-state index contributed by atoms with van der Waals surface area (Å²) in [6.07, 6.45) is 1.88. The monoisotopic (exact) mass is 238 g/mol. The highest BCUT2D eigenvalue weighted by Gasteiger charge is 2.19. The molecule has 1 aromatic heterocycles. The number of aromatic carboxylic acids is 1. The van der Waals surface area contributed by atoms with Crippen LogP contribution in [0.5, 0.6) is 5.75 Å². The van der Waals surface area contributed by atoms with E-state index in [0.717, 1.165) is 0 Å². The zero-order valence-electron chi connectivity index (χ0n) is 9.88. The van der Waals surface area contributed by atoms with Crippen LogP contribution in [0.3, 0.4) is 0 Å². The van der Waals surface area contributed by atoms with Crippen molar-refractivity contribution in [1.82, 2.24) is 9.88 Å². The Kier molecular flexibility index (Phi) is 4.03. The highest BCUT2D eigenvalue weighted by molar-refractivity contribution is 5.90. The second-order valence-corrected chi connectivity index (χ2v) is 3.67. The van der Waals surface area contributed by atoms with Gasteiger partial charge >= 0.3 is 5.97 Å². The summed E-state index contributed by atoms with van der Waals surface area (Å²) in [5, 5.41) is 8.92. The number of carboxylic acid groups (broad SMARTS) is 1. The molecule has 0 aliphatic heterocycles. The summed E-state index contributed by atoms with van der Waals surface area (Å²) in [6, 6.07) is 1.32. The molecule has 1 amide bonds. The Balaban J connectivity index is 2.88. The molecule has 0 aromatic carbocycles. The molecule has 6 heteroatoms. The summed E-state index contributed by atoms with van der Waals surface area (Å²) < 4.78 is 5.30. The maximum Gasteiger partial charge on any atom is 0.339 e. The first-order chi connectivity index (χ1) is 7.93. The van der Waals surface area contributed by atoms with Gasteiger partial charge in [0.2, 0.25) is 0 Å². The van der Waals surface area contributed by atoms with Crippen molar-refractivity contribution in [3.63, 3.8) is 0 Å². The van der Waals surface area contributed by atoms with E-state index in [-0.39, 0.29) is 17.2 Å². The second-order valence-electron chi connectivity index (χ2n) is 3.67. The number of carbonyl (C=O) groups is 2. The van der Waals surface area contributed by atoms with E-state index in [1.165, 1.54) is 23.4 Å². The lowest BCUT2D eigenvalue weighted by atomic mass is 10.2. The average Bonchev–Trinajstić information content (AvgIpc) is 2.28. The van der Waals surface area contributed by atoms with Crippen LogP contribution in [0.1, 0.15) is 17.3 Å². The molecule has 1 unspecified atom stereocenters. The van der Waals surface area contributed by atoms with Gasteiger partial charge in [-0.15, -0.1) is 0 Å². The van der Waals surface area contributed by atoms with E-state index >= 15 is 0 Å². The fourth-order valence-corrected chi connectivity index (χ4v) is 1.26. The zero-order valence-corrected chi connectivity index (χ0v) is 9.88. The summed E-state index contributed by atoms with van der Waals surface area (Å²) in [6.45, 7) is 1.56. The van der Waals surface area contributed by atoms with Gasteiger partial charge in [0, 0.05) is 20.3 Å². The summed E-state index contributed by atoms with van der Waals surface area (Å²) in [4.78, 5) is 27.6. The molecule has 1 atom stereocenters. The van der Waals surface area contributed by atoms with Crippen molar-refractivity contribution in [3.05, 3.63) is 24.0 Å². The van der Waals surface area contributed by atoms with E-state index in [0.29, 0.717) is 0 Å². The van der Waals surface area contributed by atoms with Crippen LogP contribution < -0.4 is 4.74 Å². The van der Waals surface area contributed by atoms with Crippen LogP contribution in [0.2, 0.25) is 0 Å². The van der Waals surface area contributed by atoms with Gasteiger partial charge in [-0.3, -0.25) is 9.78 Å². The Morgan fingerprint density at radius 1 is 1.47 bits per heavy atom. The van der Waals surface area contributed by atoms with E-state index in [4.69, 9.17) is 9.84 Å². The minimum Gasteiger partial charge on any atom is -0.478 e. The van der Waals surface area contributed by atoms with Gasteiger partial charge in [-0.25, -0.2) is 4.79 Å². The Morgan fingerprint density at radius 3 is 2.65 bits per heavy atom. The van der Waals surface area contributed by atoms with Crippen LogP contribution in [0, 0.1) is 0 Å². The minimum absolute atomic E-state index is 0.0154. The third kappa shape index (κ3) is 3.17. The molecular weight excluding hydrogens is 224 g/mol. The Hall–Kier alpha value is -2.11. The van der Waals surface area contributed by atoms with Crippen LogP contribution in [0.25, 0.3) is 0 Å². The number of amides is 1. The van der Waals surface area contributed by atoms with Gasteiger partial charge in [0.05, 0.1) is 6.20 Å². The summed E-state index contributed by atoms with van der Waals surface area (Å²) in [7, 11) is 3.20. The fourth-order valence-electron chi connectivity index (χ4n) is 1.26. The summed E-state index contributed by atoms with van der Waals surface area (Å²) >= 11 is 0. The molecule has 0 bridgehead atoms. The lowest BCUT2D eigenvalue weighted by Gasteiger charge is -2.18. The van der Waals surface area contributed by atoms with E-state index in [2.05, 4.69) is 4.98 Å². The SMILES string of the molecule is CC(Oc1cnccc1C(=O)O)C(=O)N(C)C. The number of carbonyl (C=O) groups excluding carboxylic acids is 1. The largest absolute Gasteiger partial charge is 0.478 e. The van der Waals surface area contributed by atoms with Crippen LogP contribution in [-0.2, 0) is 4.79 Å². The number of pyridine rings is 1. The topological polar surface area (TPSA) is 79.7 Å². The first kappa shape index (κ1) is 13.0. The van der Waals surface area contributed by atoms with Gasteiger partial charge in [0.25, 0.3) is 5.91 Å². The first-order valence-corrected chi connectivity index (χ1v) is 4.98. The van der Waals surface area contributed by atoms with Crippen molar-refractivity contribution in [2.24, 2.45) is 0 Å². The second kappa shape index (κ2) is 5.29. The average molecular weight is 238 g/mol. The summed E-state index contributed by atoms with van der Waals surface area (Å²) in [5.74, 6) is -1.28. The molecule has 1 heterocycles. The zero-order chi connectivity index (χ0) is 13.0. The number of ether oxygens (including phenoxy) is 1. The molecule has 0 saturated heterocycles. The molecule has 1 aromatic rings. The van der Waals surface area contributed by atoms with E-state index in [1.807, 2.05) is 0 Å². The molecular formula is C11H14N2O4. The van der Waals surface area contributed by atoms with Gasteiger partial charge in [-0.05, 0) is 13.0 Å². The maximum absolute atomic E-state index is 11.6. The van der Waals surface area contributed by atoms with Crippen LogP contribution in [-0.4, -0.2) is 47.1 Å². The molecule has 1 rings (SSSR count). The highest BCUT2D eigenvalue weighted by atomic mass is 16.5. The van der Waals surface area contributed by atoms with Crippen molar-refractivity contribution in [2.75, 3.05) is 14.1 Å². The molecule has 0 aliphatic carbocycles. The van der Waals surface area contributed by atoms with Crippen molar-refractivity contribution >= 4 is 11.9 Å². The van der Waals surface area contributed by atoms with Crippen molar-refractivity contribution in [3.8, 4) is 5.75 Å². The van der Waals surface area contributed by atoms with Gasteiger partial charge in [-0.2, -0.15) is 0 Å². The molecule has 17 heavy (non-hydrogen) atoms. The number of aromatic nitrogens is 1. The normalized spacial score (nSPS) is 11.7. The number of hydrogen-bond acceptors (Lipinski definition) is 4. The molecule has 92 valence electrons. The fraction of sp³-hybridized carbons (Fsp3) is 0.364. The van der Waals surface area contributed by atoms with Crippen LogP contribution in [0.15, 0.2) is 18.5 Å². The number of likely N-dealkylation sites (N-methyl/N-ethyl adjacent to an activating group) is 1. The van der Waals surface area contributed by atoms with Gasteiger partial charge < -0.3 is 14.7 Å².